The van der Waals surface area contributed by atoms with Crippen molar-refractivity contribution >= 4 is 17.6 Å². The summed E-state index contributed by atoms with van der Waals surface area (Å²) in [5.41, 5.74) is 0.603. The highest BCUT2D eigenvalue weighted by Crippen LogP contribution is 2.18. The van der Waals surface area contributed by atoms with Crippen LogP contribution in [0.1, 0.15) is 34.6 Å². The molecule has 0 saturated carbocycles. The molecule has 0 unspecified atom stereocenters. The lowest BCUT2D eigenvalue weighted by Crippen LogP contribution is -2.51. The van der Waals surface area contributed by atoms with E-state index < -0.39 is 0 Å². The highest BCUT2D eigenvalue weighted by molar-refractivity contribution is 6.13. The number of hydrogen-bond acceptors (Lipinski definition) is 2. The molecule has 3 amide bonds. The molecule has 0 aliphatic rings. The van der Waals surface area contributed by atoms with Crippen LogP contribution in [0.3, 0.4) is 0 Å². The largest absolute Gasteiger partial charge is 0.331 e. The number of benzene rings is 1. The molecule has 0 aromatic heterocycles. The second kappa shape index (κ2) is 6.36. The third kappa shape index (κ3) is 3.56. The van der Waals surface area contributed by atoms with E-state index in [2.05, 4.69) is 0 Å². The number of anilines is 1. The van der Waals surface area contributed by atoms with E-state index in [1.165, 1.54) is 11.8 Å². The molecule has 1 aromatic rings. The predicted molar refractivity (Wildman–Crippen MR) is 77.1 cm³/mol. The van der Waals surface area contributed by atoms with Crippen molar-refractivity contribution in [1.82, 2.24) is 4.90 Å². The van der Waals surface area contributed by atoms with Gasteiger partial charge in [0.25, 0.3) is 0 Å². The smallest absolute Gasteiger partial charge is 0.319 e. The first-order chi connectivity index (χ1) is 8.86. The number of carbonyl (C=O) groups excluding carboxylic acids is 2. The van der Waals surface area contributed by atoms with E-state index in [0.717, 1.165) is 0 Å². The molecule has 0 heterocycles. The number of urea groups is 1. The van der Waals surface area contributed by atoms with Crippen LogP contribution in [0.15, 0.2) is 30.3 Å². The molecule has 0 saturated heterocycles. The fourth-order valence-corrected chi connectivity index (χ4v) is 2.16. The molecule has 104 valence electrons. The minimum absolute atomic E-state index is 0.0399. The summed E-state index contributed by atoms with van der Waals surface area (Å²) in [5, 5.41) is 0. The first-order valence-electron chi connectivity index (χ1n) is 6.54. The highest BCUT2D eigenvalue weighted by atomic mass is 16.2. The van der Waals surface area contributed by atoms with Crippen molar-refractivity contribution in [2.75, 3.05) is 4.90 Å². The molecular weight excluding hydrogens is 240 g/mol. The van der Waals surface area contributed by atoms with E-state index in [4.69, 9.17) is 0 Å². The lowest BCUT2D eigenvalue weighted by Gasteiger charge is -2.34. The fourth-order valence-electron chi connectivity index (χ4n) is 2.16. The Morgan fingerprint density at radius 3 is 1.79 bits per heavy atom. The number of hydrogen-bond donors (Lipinski definition) is 0. The Labute approximate surface area is 115 Å². The lowest BCUT2D eigenvalue weighted by molar-refractivity contribution is -0.116. The third-order valence-electron chi connectivity index (χ3n) is 2.85. The quantitative estimate of drug-likeness (QED) is 0.838. The van der Waals surface area contributed by atoms with Gasteiger partial charge in [0.2, 0.25) is 5.91 Å². The van der Waals surface area contributed by atoms with E-state index in [1.807, 2.05) is 45.9 Å². The Balaban J connectivity index is 3.13. The van der Waals surface area contributed by atoms with Gasteiger partial charge in [-0.15, -0.1) is 0 Å². The minimum Gasteiger partial charge on any atom is -0.319 e. The SMILES string of the molecule is CC(=O)N(C(=O)N(C(C)C)C(C)C)c1ccccc1. The number of amides is 3. The number of nitrogens with zero attached hydrogens (tertiary/aromatic N) is 2. The van der Waals surface area contributed by atoms with E-state index in [-0.39, 0.29) is 24.0 Å². The summed E-state index contributed by atoms with van der Waals surface area (Å²) >= 11 is 0. The predicted octanol–water partition coefficient (Wildman–Crippen LogP) is 3.28. The summed E-state index contributed by atoms with van der Waals surface area (Å²) in [6.07, 6.45) is 0. The molecule has 1 aromatic carbocycles. The minimum atomic E-state index is -0.275. The third-order valence-corrected chi connectivity index (χ3v) is 2.85. The molecule has 0 bridgehead atoms. The van der Waals surface area contributed by atoms with E-state index >= 15 is 0 Å². The van der Waals surface area contributed by atoms with Crippen molar-refractivity contribution in [1.29, 1.82) is 0 Å². The molecule has 4 nitrogen and oxygen atoms in total. The van der Waals surface area contributed by atoms with Gasteiger partial charge in [0.05, 0.1) is 5.69 Å². The van der Waals surface area contributed by atoms with E-state index in [0.29, 0.717) is 5.69 Å². The molecule has 0 N–H and O–H groups in total. The van der Waals surface area contributed by atoms with Crippen LogP contribution in [-0.4, -0.2) is 28.9 Å². The van der Waals surface area contributed by atoms with Crippen molar-refractivity contribution in [2.24, 2.45) is 0 Å². The second-order valence-corrected chi connectivity index (χ2v) is 5.07. The summed E-state index contributed by atoms with van der Waals surface area (Å²) in [6, 6.07) is 8.81. The van der Waals surface area contributed by atoms with Crippen LogP contribution in [0.4, 0.5) is 10.5 Å². The molecule has 0 aliphatic heterocycles. The maximum absolute atomic E-state index is 12.6. The molecule has 0 spiro atoms. The molecule has 19 heavy (non-hydrogen) atoms. The Hall–Kier alpha value is -1.84. The molecule has 0 radical (unpaired) electrons. The van der Waals surface area contributed by atoms with Gasteiger partial charge in [-0.2, -0.15) is 0 Å². The van der Waals surface area contributed by atoms with E-state index in [1.54, 1.807) is 17.0 Å². The van der Waals surface area contributed by atoms with Gasteiger partial charge in [0.15, 0.2) is 0 Å². The number of imide groups is 1. The second-order valence-electron chi connectivity index (χ2n) is 5.07. The molecule has 0 atom stereocenters. The summed E-state index contributed by atoms with van der Waals surface area (Å²) in [6.45, 7) is 9.19. The van der Waals surface area contributed by atoms with E-state index in [9.17, 15) is 9.59 Å². The summed E-state index contributed by atoms with van der Waals surface area (Å²) in [7, 11) is 0. The van der Waals surface area contributed by atoms with Gasteiger partial charge in [-0.1, -0.05) is 18.2 Å². The number of rotatable bonds is 3. The first kappa shape index (κ1) is 15.2. The standard InChI is InChI=1S/C15H22N2O2/c1-11(2)16(12(3)4)15(19)17(13(5)18)14-9-7-6-8-10-14/h6-12H,1-5H3. The van der Waals surface area contributed by atoms with Gasteiger partial charge in [-0.25, -0.2) is 9.69 Å². The average molecular weight is 262 g/mol. The van der Waals surface area contributed by atoms with Gasteiger partial charge in [0, 0.05) is 19.0 Å². The van der Waals surface area contributed by atoms with Crippen molar-refractivity contribution in [3.05, 3.63) is 30.3 Å². The number of para-hydroxylation sites is 1. The Morgan fingerprint density at radius 1 is 0.947 bits per heavy atom. The summed E-state index contributed by atoms with van der Waals surface area (Å²) < 4.78 is 0. The number of carbonyl (C=O) groups is 2. The van der Waals surface area contributed by atoms with Crippen LogP contribution in [-0.2, 0) is 4.79 Å². The molecular formula is C15H22N2O2. The monoisotopic (exact) mass is 262 g/mol. The van der Waals surface area contributed by atoms with Crippen molar-refractivity contribution in [2.45, 2.75) is 46.7 Å². The fraction of sp³-hybridized carbons (Fsp3) is 0.467. The van der Waals surface area contributed by atoms with Crippen LogP contribution in [0.2, 0.25) is 0 Å². The van der Waals surface area contributed by atoms with Crippen molar-refractivity contribution < 1.29 is 9.59 Å². The maximum atomic E-state index is 12.6. The first-order valence-corrected chi connectivity index (χ1v) is 6.54. The van der Waals surface area contributed by atoms with Crippen LogP contribution in [0.5, 0.6) is 0 Å². The van der Waals surface area contributed by atoms with Crippen LogP contribution >= 0.6 is 0 Å². The highest BCUT2D eigenvalue weighted by Gasteiger charge is 2.28. The zero-order chi connectivity index (χ0) is 14.6. The molecule has 0 aliphatic carbocycles. The van der Waals surface area contributed by atoms with Crippen molar-refractivity contribution in [3.8, 4) is 0 Å². The lowest BCUT2D eigenvalue weighted by atomic mass is 10.2. The average Bonchev–Trinajstić information content (AvgIpc) is 2.28. The van der Waals surface area contributed by atoms with Gasteiger partial charge < -0.3 is 4.90 Å². The van der Waals surface area contributed by atoms with Gasteiger partial charge in [0.1, 0.15) is 0 Å². The molecule has 0 fully saturated rings. The summed E-state index contributed by atoms with van der Waals surface area (Å²) in [4.78, 5) is 27.3. The van der Waals surface area contributed by atoms with Gasteiger partial charge in [-0.05, 0) is 39.8 Å². The van der Waals surface area contributed by atoms with Crippen LogP contribution < -0.4 is 4.90 Å². The van der Waals surface area contributed by atoms with Crippen molar-refractivity contribution in [3.63, 3.8) is 0 Å². The zero-order valence-electron chi connectivity index (χ0n) is 12.3. The van der Waals surface area contributed by atoms with Gasteiger partial charge in [-0.3, -0.25) is 4.79 Å². The Kier molecular flexibility index (Phi) is 5.10. The Morgan fingerprint density at radius 2 is 1.42 bits per heavy atom. The maximum Gasteiger partial charge on any atom is 0.331 e. The van der Waals surface area contributed by atoms with Gasteiger partial charge >= 0.3 is 6.03 Å². The molecule has 1 rings (SSSR count). The summed E-state index contributed by atoms with van der Waals surface area (Å²) in [5.74, 6) is -0.275. The normalized spacial score (nSPS) is 10.7. The Bertz CT molecular complexity index is 433. The topological polar surface area (TPSA) is 40.6 Å². The zero-order valence-corrected chi connectivity index (χ0v) is 12.3. The molecule has 4 heteroatoms. The van der Waals surface area contributed by atoms with Crippen LogP contribution in [0, 0.1) is 0 Å². The van der Waals surface area contributed by atoms with Crippen LogP contribution in [0.25, 0.3) is 0 Å².